The molecule has 9 aromatic rings. The van der Waals surface area contributed by atoms with Gasteiger partial charge in [0.05, 0.1) is 22.4 Å². The van der Waals surface area contributed by atoms with Crippen LogP contribution in [0, 0.1) is 25.2 Å². The third-order valence-corrected chi connectivity index (χ3v) is 18.8. The van der Waals surface area contributed by atoms with Crippen LogP contribution in [0.4, 0.5) is 22.1 Å². The van der Waals surface area contributed by atoms with Crippen molar-refractivity contribution in [1.82, 2.24) is 55.9 Å². The Morgan fingerprint density at radius 3 is 1.47 bits per heavy atom. The van der Waals surface area contributed by atoms with Gasteiger partial charge in [0.2, 0.25) is 17.5 Å². The van der Waals surface area contributed by atoms with Crippen LogP contribution in [0.3, 0.4) is 0 Å². The van der Waals surface area contributed by atoms with E-state index < -0.39 is 5.60 Å². The Morgan fingerprint density at radius 2 is 1.00 bits per heavy atom. The number of piperidine rings is 1. The van der Waals surface area contributed by atoms with Gasteiger partial charge in [0.15, 0.2) is 0 Å². The zero-order valence-corrected chi connectivity index (χ0v) is 54.8. The fourth-order valence-corrected chi connectivity index (χ4v) is 13.7. The Hall–Kier alpha value is -9.32. The largest absolute Gasteiger partial charge is 0.444 e. The van der Waals surface area contributed by atoms with Gasteiger partial charge in [-0.2, -0.15) is 20.2 Å². The van der Waals surface area contributed by atoms with Gasteiger partial charge < -0.3 is 48.5 Å². The minimum absolute atomic E-state index is 0.287. The summed E-state index contributed by atoms with van der Waals surface area (Å²) in [7, 11) is 0. The summed E-state index contributed by atoms with van der Waals surface area (Å²) in [6.07, 6.45) is 14.7. The van der Waals surface area contributed by atoms with Gasteiger partial charge in [-0.15, -0.1) is 0 Å². The summed E-state index contributed by atoms with van der Waals surface area (Å²) in [5.74, 6) is 5.22. The van der Waals surface area contributed by atoms with Crippen molar-refractivity contribution in [3.8, 4) is 74.6 Å². The number of aromatic nitrogens is 8. The molecule has 93 heavy (non-hydrogen) atoms. The number of carbonyl (C=O) groups is 1. The minimum Gasteiger partial charge on any atom is -0.444 e. The average molecular weight is 1250 g/mol. The first-order chi connectivity index (χ1) is 45.1. The van der Waals surface area contributed by atoms with E-state index in [9.17, 15) is 10.1 Å². The van der Waals surface area contributed by atoms with Crippen LogP contribution in [0.25, 0.3) is 68.5 Å². The van der Waals surface area contributed by atoms with Gasteiger partial charge in [0, 0.05) is 98.6 Å². The predicted molar refractivity (Wildman–Crippen MR) is 359 cm³/mol. The summed E-state index contributed by atoms with van der Waals surface area (Å²) < 4.78 is 22.3. The lowest BCUT2D eigenvalue weighted by Gasteiger charge is -2.36. The summed E-state index contributed by atoms with van der Waals surface area (Å²) >= 11 is 0. The molecule has 4 aromatic carbocycles. The van der Waals surface area contributed by atoms with E-state index in [1.165, 1.54) is 66.3 Å². The van der Waals surface area contributed by atoms with E-state index in [0.717, 1.165) is 139 Å². The topological polar surface area (TPSA) is 230 Å². The highest BCUT2D eigenvalue weighted by molar-refractivity contribution is 5.71. The summed E-state index contributed by atoms with van der Waals surface area (Å²) in [5.41, 5.74) is 16.3. The molecule has 6 aliphatic heterocycles. The Bertz CT molecular complexity index is 4220. The molecule has 15 rings (SSSR count). The van der Waals surface area contributed by atoms with Crippen LogP contribution in [-0.4, -0.2) is 114 Å². The molecule has 2 N–H and O–H groups in total. The molecule has 20 heteroatoms. The quantitative estimate of drug-likeness (QED) is 0.137. The average Bonchev–Trinajstić information content (AvgIpc) is 1.92. The van der Waals surface area contributed by atoms with E-state index >= 15 is 0 Å². The Labute approximate surface area is 544 Å². The van der Waals surface area contributed by atoms with Crippen molar-refractivity contribution < 1.29 is 23.1 Å². The number of carbonyl (C=O) groups excluding carboxylic acids is 1. The molecule has 5 aromatic heterocycles. The number of aryl methyl sites for hydroxylation is 2. The Kier molecular flexibility index (Phi) is 18.2. The Balaban J connectivity index is 0.000000128. The van der Waals surface area contributed by atoms with E-state index in [1.807, 2.05) is 63.5 Å². The standard InChI is InChI=1S/C27H33N5O3.C24H25N5O.C22H25N5O/c1-17-13-21(15-28-24(17)32-11-6-7-18(32)2)25-29-23(30-35-25)20-9-8-19-10-12-31(16-22(19)14-20)26(33)34-27(3,4)5;1-16-4-2-3-11-29(16)22-8-7-19(13-20(22)14-25)24-27-23(28-30-24)18-6-5-17-9-10-26-15-21(17)12-18;1-14-10-19(13-24-21(14)27-9-3-4-15(27)2)22-25-20(26-28-22)17-6-5-16-7-8-23-12-18(16)11-17/h8-9,13-15,18H,6-7,10-12,16H2,1-5H3;5-8,12-13,16,26H,2-4,9-11,15H2,1H3;5-6,10-11,13,15,23H,3-4,7-9,12H2,1-2H3. The molecule has 480 valence electrons. The molecular formula is C73H83N15O5. The highest BCUT2D eigenvalue weighted by Gasteiger charge is 2.29. The zero-order chi connectivity index (χ0) is 64.3. The van der Waals surface area contributed by atoms with Crippen molar-refractivity contribution in [1.29, 1.82) is 5.26 Å². The minimum atomic E-state index is -0.515. The van der Waals surface area contributed by atoms with Crippen molar-refractivity contribution >= 4 is 23.4 Å². The van der Waals surface area contributed by atoms with Crippen LogP contribution in [0.5, 0.6) is 0 Å². The first-order valence-electron chi connectivity index (χ1n) is 33.1. The lowest BCUT2D eigenvalue weighted by atomic mass is 9.97. The number of nitrogens with one attached hydrogen (secondary N) is 2. The van der Waals surface area contributed by atoms with Crippen molar-refractivity contribution in [2.24, 2.45) is 0 Å². The molecule has 3 saturated heterocycles. The lowest BCUT2D eigenvalue weighted by Crippen LogP contribution is -2.39. The first kappa shape index (κ1) is 62.5. The fourth-order valence-electron chi connectivity index (χ4n) is 13.7. The van der Waals surface area contributed by atoms with E-state index in [2.05, 4.69) is 151 Å². The van der Waals surface area contributed by atoms with Gasteiger partial charge in [-0.05, 0) is 226 Å². The van der Waals surface area contributed by atoms with Crippen LogP contribution in [0.2, 0.25) is 0 Å². The number of amides is 1. The van der Waals surface area contributed by atoms with Crippen molar-refractivity contribution in [2.75, 3.05) is 54.0 Å². The number of pyridine rings is 2. The molecular weight excluding hydrogens is 1170 g/mol. The van der Waals surface area contributed by atoms with Crippen LogP contribution in [-0.2, 0) is 43.6 Å². The molecule has 0 bridgehead atoms. The number of nitriles is 1. The number of ether oxygens (including phenoxy) is 1. The van der Waals surface area contributed by atoms with Crippen molar-refractivity contribution in [3.05, 3.63) is 147 Å². The van der Waals surface area contributed by atoms with Gasteiger partial charge in [-0.25, -0.2) is 14.8 Å². The molecule has 20 nitrogen and oxygen atoms in total. The third-order valence-electron chi connectivity index (χ3n) is 18.8. The first-order valence-corrected chi connectivity index (χ1v) is 33.1. The van der Waals surface area contributed by atoms with E-state index in [1.54, 1.807) is 4.90 Å². The van der Waals surface area contributed by atoms with Crippen LogP contribution >= 0.6 is 0 Å². The molecule has 0 radical (unpaired) electrons. The van der Waals surface area contributed by atoms with E-state index in [-0.39, 0.29) is 6.09 Å². The molecule has 1 amide bonds. The summed E-state index contributed by atoms with van der Waals surface area (Å²) in [6, 6.07) is 32.8. The number of nitrogens with zero attached hydrogens (tertiary/aromatic N) is 13. The fraction of sp³-hybridized carbons (Fsp3) is 0.425. The smallest absolute Gasteiger partial charge is 0.410 e. The SMILES string of the molecule is CC1CCCCN1c1ccc(-c2nc(-c3ccc4c(c3)CNCC4)no2)cc1C#N.Cc1cc(-c2nc(-c3ccc4c(c3)CN(C(=O)OC(C)(C)C)CC4)no2)cnc1N1CCCC1C.Cc1cc(-c2nc(-c3ccc4c(c3)CNCC4)no2)cnc1N1CCCC1C. The molecule has 3 fully saturated rings. The predicted octanol–water partition coefficient (Wildman–Crippen LogP) is 13.4. The number of hydrogen-bond acceptors (Lipinski definition) is 19. The van der Waals surface area contributed by atoms with Crippen LogP contribution in [0.1, 0.15) is 137 Å². The van der Waals surface area contributed by atoms with E-state index in [0.29, 0.717) is 71.9 Å². The number of rotatable bonds is 9. The Morgan fingerprint density at radius 1 is 0.538 bits per heavy atom. The number of hydrogen-bond donors (Lipinski definition) is 2. The number of benzene rings is 4. The summed E-state index contributed by atoms with van der Waals surface area (Å²) in [6.45, 7) is 24.6. The monoisotopic (exact) mass is 1250 g/mol. The zero-order valence-electron chi connectivity index (χ0n) is 54.8. The van der Waals surface area contributed by atoms with Gasteiger partial charge in [0.1, 0.15) is 23.3 Å². The molecule has 3 atom stereocenters. The van der Waals surface area contributed by atoms with Crippen LogP contribution < -0.4 is 25.3 Å². The van der Waals surface area contributed by atoms with E-state index in [4.69, 9.17) is 28.3 Å². The van der Waals surface area contributed by atoms with Crippen molar-refractivity contribution in [2.45, 2.75) is 163 Å². The van der Waals surface area contributed by atoms with Crippen LogP contribution in [0.15, 0.2) is 111 Å². The molecule has 0 aliphatic carbocycles. The third kappa shape index (κ3) is 13.9. The highest BCUT2D eigenvalue weighted by Crippen LogP contribution is 2.36. The molecule has 0 spiro atoms. The highest BCUT2D eigenvalue weighted by atomic mass is 16.6. The van der Waals surface area contributed by atoms with Crippen molar-refractivity contribution in [3.63, 3.8) is 0 Å². The second kappa shape index (κ2) is 27.1. The molecule has 0 saturated carbocycles. The van der Waals surface area contributed by atoms with Gasteiger partial charge >= 0.3 is 6.09 Å². The normalized spacial score (nSPS) is 18.5. The maximum Gasteiger partial charge on any atom is 0.410 e. The van der Waals surface area contributed by atoms with Gasteiger partial charge in [0.25, 0.3) is 17.7 Å². The second-order valence-corrected chi connectivity index (χ2v) is 26.7. The summed E-state index contributed by atoms with van der Waals surface area (Å²) in [5, 5.41) is 29.2. The molecule has 3 unspecified atom stereocenters. The maximum atomic E-state index is 12.5. The maximum absolute atomic E-state index is 12.5. The number of fused-ring (bicyclic) bond motifs is 3. The summed E-state index contributed by atoms with van der Waals surface area (Å²) in [4.78, 5) is 44.7. The lowest BCUT2D eigenvalue weighted by molar-refractivity contribution is 0.0224. The van der Waals surface area contributed by atoms with Gasteiger partial charge in [-0.1, -0.05) is 51.9 Å². The molecule has 6 aliphatic rings. The second-order valence-electron chi connectivity index (χ2n) is 26.7. The van der Waals surface area contributed by atoms with Gasteiger partial charge in [-0.3, -0.25) is 0 Å². The number of anilines is 3. The molecule has 11 heterocycles.